The number of aliphatic carboxylic acids is 2. The van der Waals surface area contributed by atoms with Gasteiger partial charge in [-0.05, 0) is 62.4 Å². The Labute approximate surface area is 272 Å². The molecule has 1 saturated heterocycles. The number of aliphatic hydroxyl groups is 1. The molecule has 2 aromatic rings. The third-order valence-corrected chi connectivity index (χ3v) is 7.37. The largest absolute Gasteiger partial charge is 0.490 e. The maximum Gasteiger partial charge on any atom is 0.490 e. The lowest BCUT2D eigenvalue weighted by atomic mass is 9.79. The fourth-order valence-corrected chi connectivity index (χ4v) is 4.95. The van der Waals surface area contributed by atoms with E-state index in [9.17, 15) is 54.2 Å². The van der Waals surface area contributed by atoms with Gasteiger partial charge in [0.25, 0.3) is 5.91 Å². The van der Waals surface area contributed by atoms with Crippen LogP contribution in [0.25, 0.3) is 0 Å². The Kier molecular flexibility index (Phi) is 13.9. The van der Waals surface area contributed by atoms with Crippen LogP contribution in [-0.2, 0) is 26.2 Å². The summed E-state index contributed by atoms with van der Waals surface area (Å²) < 4.78 is 102. The van der Waals surface area contributed by atoms with Crippen molar-refractivity contribution in [3.63, 3.8) is 0 Å². The molecular formula is C29H31F9N4O7. The molecule has 5 N–H and O–H groups in total. The van der Waals surface area contributed by atoms with Crippen LogP contribution in [0.5, 0.6) is 0 Å². The van der Waals surface area contributed by atoms with E-state index in [0.717, 1.165) is 44.0 Å². The fourth-order valence-electron chi connectivity index (χ4n) is 4.95. The smallest absolute Gasteiger partial charge is 0.475 e. The minimum atomic E-state index is -5.08. The molecule has 1 aromatic carbocycles. The Morgan fingerprint density at radius 3 is 1.92 bits per heavy atom. The minimum absolute atomic E-state index is 0.0652. The summed E-state index contributed by atoms with van der Waals surface area (Å²) in [6.07, 6.45) is -9.32. The molecule has 4 rings (SSSR count). The zero-order valence-electron chi connectivity index (χ0n) is 25.2. The van der Waals surface area contributed by atoms with E-state index >= 15 is 0 Å². The van der Waals surface area contributed by atoms with Crippen molar-refractivity contribution in [2.75, 3.05) is 19.6 Å². The molecule has 1 aliphatic carbocycles. The number of halogens is 9. The van der Waals surface area contributed by atoms with Crippen LogP contribution in [-0.4, -0.2) is 93.0 Å². The van der Waals surface area contributed by atoms with E-state index in [1.54, 1.807) is 6.20 Å². The monoisotopic (exact) mass is 718 g/mol. The summed E-state index contributed by atoms with van der Waals surface area (Å²) in [6, 6.07) is 9.90. The first-order valence-electron chi connectivity index (χ1n) is 14.3. The van der Waals surface area contributed by atoms with Gasteiger partial charge in [0, 0.05) is 36.9 Å². The van der Waals surface area contributed by atoms with Crippen molar-refractivity contribution in [1.82, 2.24) is 20.5 Å². The highest BCUT2D eigenvalue weighted by Crippen LogP contribution is 2.38. The predicted octanol–water partition coefficient (Wildman–Crippen LogP) is 4.12. The zero-order valence-corrected chi connectivity index (χ0v) is 25.2. The predicted molar refractivity (Wildman–Crippen MR) is 150 cm³/mol. The molecule has 1 aliphatic heterocycles. The average molecular weight is 719 g/mol. The van der Waals surface area contributed by atoms with Crippen LogP contribution in [0.1, 0.15) is 53.7 Å². The molecule has 1 saturated carbocycles. The number of benzene rings is 1. The van der Waals surface area contributed by atoms with Gasteiger partial charge in [-0.25, -0.2) is 9.59 Å². The van der Waals surface area contributed by atoms with Gasteiger partial charge in [0.2, 0.25) is 5.91 Å². The Bertz CT molecular complexity index is 1410. The number of alkyl halides is 9. The van der Waals surface area contributed by atoms with E-state index in [1.807, 2.05) is 18.2 Å². The van der Waals surface area contributed by atoms with Gasteiger partial charge < -0.3 is 26.0 Å². The first-order chi connectivity index (χ1) is 22.5. The van der Waals surface area contributed by atoms with Crippen LogP contribution in [0.15, 0.2) is 48.7 Å². The normalized spacial score (nSPS) is 21.3. The average Bonchev–Trinajstić information content (AvgIpc) is 3.48. The van der Waals surface area contributed by atoms with Crippen molar-refractivity contribution in [2.45, 2.75) is 68.3 Å². The zero-order chi connectivity index (χ0) is 37.2. The van der Waals surface area contributed by atoms with Gasteiger partial charge in [0.05, 0.1) is 17.8 Å². The van der Waals surface area contributed by atoms with Crippen molar-refractivity contribution in [3.05, 3.63) is 65.5 Å². The van der Waals surface area contributed by atoms with Crippen molar-refractivity contribution in [2.24, 2.45) is 0 Å². The molecule has 1 atom stereocenters. The number of carboxylic acids is 2. The SMILES string of the molecule is O=C(CNC(=O)c1cccc(C(F)(F)F)c1)N[C@@H]1CCN(C2CCC(O)(c3ccccn3)CC2)C1.O=C(O)C(F)(F)F.O=C(O)C(F)(F)F. The standard InChI is InChI=1S/C25H29F3N4O3.2C2HF3O2/c26-25(27,28)18-5-3-4-17(14-18)23(34)30-15-22(33)31-19-9-13-32(16-19)20-7-10-24(35,11-8-20)21-6-1-2-12-29-21;2*3-2(4,5)1(6)7/h1-6,12,14,19-20,35H,7-11,13,15-16H2,(H,30,34)(H,31,33);2*(H,6,7)/t19-,20?,24?;;/m1../s1. The van der Waals surface area contributed by atoms with E-state index in [1.165, 1.54) is 6.07 Å². The number of nitrogens with zero attached hydrogens (tertiary/aromatic N) is 2. The number of nitrogens with one attached hydrogen (secondary N) is 2. The molecule has 2 amide bonds. The third-order valence-electron chi connectivity index (χ3n) is 7.37. The number of likely N-dealkylation sites (tertiary alicyclic amines) is 1. The van der Waals surface area contributed by atoms with Crippen LogP contribution in [0.4, 0.5) is 39.5 Å². The highest BCUT2D eigenvalue weighted by Gasteiger charge is 2.40. The van der Waals surface area contributed by atoms with Crippen LogP contribution in [0.2, 0.25) is 0 Å². The Morgan fingerprint density at radius 1 is 0.857 bits per heavy atom. The molecule has 0 radical (unpaired) electrons. The molecule has 20 heteroatoms. The van der Waals surface area contributed by atoms with Gasteiger partial charge >= 0.3 is 30.5 Å². The van der Waals surface area contributed by atoms with E-state index in [-0.39, 0.29) is 24.1 Å². The molecular weight excluding hydrogens is 687 g/mol. The van der Waals surface area contributed by atoms with Crippen LogP contribution >= 0.6 is 0 Å². The van der Waals surface area contributed by atoms with Crippen molar-refractivity contribution < 1.29 is 74.0 Å². The van der Waals surface area contributed by atoms with E-state index in [2.05, 4.69) is 20.5 Å². The van der Waals surface area contributed by atoms with Gasteiger partial charge in [0.1, 0.15) is 5.60 Å². The number of carboxylic acid groups (broad SMARTS) is 2. The van der Waals surface area contributed by atoms with E-state index < -0.39 is 47.5 Å². The fraction of sp³-hybridized carbons (Fsp3) is 0.483. The lowest BCUT2D eigenvalue weighted by molar-refractivity contribution is -0.193. The minimum Gasteiger partial charge on any atom is -0.475 e. The second-order valence-electron chi connectivity index (χ2n) is 10.9. The van der Waals surface area contributed by atoms with Crippen molar-refractivity contribution in [3.8, 4) is 0 Å². The Balaban J connectivity index is 0.000000500. The quantitative estimate of drug-likeness (QED) is 0.276. The van der Waals surface area contributed by atoms with Gasteiger partial charge in [0.15, 0.2) is 0 Å². The Hall–Kier alpha value is -4.46. The lowest BCUT2D eigenvalue weighted by Crippen LogP contribution is -2.45. The van der Waals surface area contributed by atoms with Crippen LogP contribution in [0.3, 0.4) is 0 Å². The molecule has 0 bridgehead atoms. The number of hydrogen-bond acceptors (Lipinski definition) is 7. The topological polar surface area (TPSA) is 169 Å². The summed E-state index contributed by atoms with van der Waals surface area (Å²) in [5.74, 6) is -6.63. The molecule has 0 unspecified atom stereocenters. The van der Waals surface area contributed by atoms with Crippen LogP contribution < -0.4 is 10.6 Å². The molecule has 2 aliphatic rings. The summed E-state index contributed by atoms with van der Waals surface area (Å²) in [5, 5.41) is 30.5. The number of amides is 2. The van der Waals surface area contributed by atoms with Gasteiger partial charge in [-0.2, -0.15) is 39.5 Å². The van der Waals surface area contributed by atoms with Crippen LogP contribution in [0, 0.1) is 0 Å². The summed E-state index contributed by atoms with van der Waals surface area (Å²) in [6.45, 7) is 1.19. The van der Waals surface area contributed by atoms with Gasteiger partial charge in [-0.3, -0.25) is 19.5 Å². The maximum atomic E-state index is 12.8. The number of aromatic nitrogens is 1. The molecule has 11 nitrogen and oxygen atoms in total. The summed E-state index contributed by atoms with van der Waals surface area (Å²) >= 11 is 0. The first-order valence-corrected chi connectivity index (χ1v) is 14.3. The number of pyridine rings is 1. The molecule has 1 aromatic heterocycles. The number of rotatable bonds is 6. The van der Waals surface area contributed by atoms with Gasteiger partial charge in [-0.15, -0.1) is 0 Å². The highest BCUT2D eigenvalue weighted by atomic mass is 19.4. The molecule has 2 heterocycles. The van der Waals surface area contributed by atoms with E-state index in [0.29, 0.717) is 31.1 Å². The van der Waals surface area contributed by atoms with E-state index in [4.69, 9.17) is 19.8 Å². The second-order valence-corrected chi connectivity index (χ2v) is 10.9. The van der Waals surface area contributed by atoms with Crippen molar-refractivity contribution in [1.29, 1.82) is 0 Å². The summed E-state index contributed by atoms with van der Waals surface area (Å²) in [5.41, 5.74) is -1.26. The number of carbonyl (C=O) groups is 4. The van der Waals surface area contributed by atoms with Crippen molar-refractivity contribution >= 4 is 23.8 Å². The third kappa shape index (κ3) is 13.2. The number of carbonyl (C=O) groups excluding carboxylic acids is 2. The number of hydrogen-bond donors (Lipinski definition) is 5. The molecule has 272 valence electrons. The molecule has 0 spiro atoms. The molecule has 49 heavy (non-hydrogen) atoms. The first kappa shape index (κ1) is 40.7. The van der Waals surface area contributed by atoms with Gasteiger partial charge in [-0.1, -0.05) is 12.1 Å². The summed E-state index contributed by atoms with van der Waals surface area (Å²) in [7, 11) is 0. The Morgan fingerprint density at radius 2 is 1.43 bits per heavy atom. The lowest BCUT2D eigenvalue weighted by Gasteiger charge is -2.39. The molecule has 2 fully saturated rings. The maximum absolute atomic E-state index is 12.8. The second kappa shape index (κ2) is 16.8. The summed E-state index contributed by atoms with van der Waals surface area (Å²) in [4.78, 5) is 48.9. The highest BCUT2D eigenvalue weighted by molar-refractivity contribution is 5.96.